The standard InChI is InChI=1S/C16H21F3N2O2.ClH/c1-4-23-12-9-15(20,14(12,2)3)13(22)21-11-7-5-6-10(8-11)16(17,18)19;/h5-8,12H,4,9,20H2,1-3H3,(H,21,22);1H. The minimum Gasteiger partial charge on any atom is -0.378 e. The summed E-state index contributed by atoms with van der Waals surface area (Å²) in [5, 5.41) is 2.50. The van der Waals surface area contributed by atoms with E-state index in [2.05, 4.69) is 5.32 Å². The SMILES string of the molecule is CCOC1CC(N)(C(=O)Nc2cccc(C(F)(F)F)c2)C1(C)C.Cl. The van der Waals surface area contributed by atoms with Crippen LogP contribution in [0.2, 0.25) is 0 Å². The second-order valence-corrected chi connectivity index (χ2v) is 6.37. The van der Waals surface area contributed by atoms with Gasteiger partial charge in [-0.15, -0.1) is 12.4 Å². The molecule has 3 N–H and O–H groups in total. The van der Waals surface area contributed by atoms with E-state index in [0.717, 1.165) is 12.1 Å². The molecule has 0 aliphatic heterocycles. The van der Waals surface area contributed by atoms with Gasteiger partial charge in [-0.05, 0) is 25.1 Å². The number of benzene rings is 1. The number of halogens is 4. The third-order valence-electron chi connectivity index (χ3n) is 4.68. The molecule has 0 spiro atoms. The van der Waals surface area contributed by atoms with Gasteiger partial charge < -0.3 is 15.8 Å². The van der Waals surface area contributed by atoms with E-state index in [1.54, 1.807) is 0 Å². The molecule has 0 saturated heterocycles. The van der Waals surface area contributed by atoms with E-state index in [0.29, 0.717) is 13.0 Å². The van der Waals surface area contributed by atoms with Crippen LogP contribution in [0.15, 0.2) is 24.3 Å². The van der Waals surface area contributed by atoms with Gasteiger partial charge in [-0.3, -0.25) is 4.79 Å². The number of rotatable bonds is 4. The van der Waals surface area contributed by atoms with E-state index in [1.165, 1.54) is 12.1 Å². The van der Waals surface area contributed by atoms with E-state index >= 15 is 0 Å². The fourth-order valence-electron chi connectivity index (χ4n) is 2.84. The number of amides is 1. The topological polar surface area (TPSA) is 64.3 Å². The first-order valence-electron chi connectivity index (χ1n) is 7.41. The Morgan fingerprint density at radius 3 is 2.54 bits per heavy atom. The predicted octanol–water partition coefficient (Wildman–Crippen LogP) is 3.60. The number of carbonyl (C=O) groups excluding carboxylic acids is 1. The fraction of sp³-hybridized carbons (Fsp3) is 0.562. The maximum absolute atomic E-state index is 12.7. The van der Waals surface area contributed by atoms with Crippen LogP contribution < -0.4 is 11.1 Å². The van der Waals surface area contributed by atoms with Crippen molar-refractivity contribution in [1.82, 2.24) is 0 Å². The number of carbonyl (C=O) groups is 1. The number of nitrogens with two attached hydrogens (primary N) is 1. The van der Waals surface area contributed by atoms with Crippen molar-refractivity contribution in [3.8, 4) is 0 Å². The van der Waals surface area contributed by atoms with Crippen LogP contribution in [-0.2, 0) is 15.7 Å². The molecular formula is C16H22ClF3N2O2. The van der Waals surface area contributed by atoms with E-state index in [-0.39, 0.29) is 24.2 Å². The summed E-state index contributed by atoms with van der Waals surface area (Å²) in [6.07, 6.45) is -4.28. The third kappa shape index (κ3) is 3.53. The first-order chi connectivity index (χ1) is 10.5. The quantitative estimate of drug-likeness (QED) is 0.855. The summed E-state index contributed by atoms with van der Waals surface area (Å²) in [6.45, 7) is 6.01. The monoisotopic (exact) mass is 366 g/mol. The van der Waals surface area contributed by atoms with Gasteiger partial charge in [-0.25, -0.2) is 0 Å². The Labute approximate surface area is 145 Å². The number of ether oxygens (including phenoxy) is 1. The first-order valence-corrected chi connectivity index (χ1v) is 7.41. The molecule has 4 nitrogen and oxygen atoms in total. The Morgan fingerprint density at radius 1 is 1.42 bits per heavy atom. The van der Waals surface area contributed by atoms with Crippen molar-refractivity contribution in [2.24, 2.45) is 11.1 Å². The highest BCUT2D eigenvalue weighted by atomic mass is 35.5. The second kappa shape index (κ2) is 6.90. The van der Waals surface area contributed by atoms with Crippen molar-refractivity contribution in [2.75, 3.05) is 11.9 Å². The molecule has 24 heavy (non-hydrogen) atoms. The number of anilines is 1. The van der Waals surface area contributed by atoms with Gasteiger partial charge in [0.1, 0.15) is 5.54 Å². The molecule has 1 amide bonds. The molecule has 1 aromatic carbocycles. The minimum atomic E-state index is -4.46. The van der Waals surface area contributed by atoms with E-state index < -0.39 is 28.6 Å². The zero-order valence-electron chi connectivity index (χ0n) is 13.7. The van der Waals surface area contributed by atoms with Gasteiger partial charge in [0.25, 0.3) is 0 Å². The van der Waals surface area contributed by atoms with Crippen molar-refractivity contribution in [3.05, 3.63) is 29.8 Å². The summed E-state index contributed by atoms with van der Waals surface area (Å²) < 4.78 is 43.7. The summed E-state index contributed by atoms with van der Waals surface area (Å²) in [5.74, 6) is -0.502. The first kappa shape index (κ1) is 20.7. The van der Waals surface area contributed by atoms with Gasteiger partial charge in [-0.2, -0.15) is 13.2 Å². The van der Waals surface area contributed by atoms with Crippen LogP contribution in [0.3, 0.4) is 0 Å². The molecule has 0 aromatic heterocycles. The summed E-state index contributed by atoms with van der Waals surface area (Å²) >= 11 is 0. The summed E-state index contributed by atoms with van der Waals surface area (Å²) in [5.41, 5.74) is 3.68. The normalized spacial score (nSPS) is 25.4. The number of alkyl halides is 3. The lowest BCUT2D eigenvalue weighted by atomic mass is 9.54. The van der Waals surface area contributed by atoms with Crippen molar-refractivity contribution in [2.45, 2.75) is 45.0 Å². The fourth-order valence-corrected chi connectivity index (χ4v) is 2.84. The largest absolute Gasteiger partial charge is 0.416 e. The molecule has 0 bridgehead atoms. The van der Waals surface area contributed by atoms with Crippen LogP contribution in [0.25, 0.3) is 0 Å². The van der Waals surface area contributed by atoms with Crippen molar-refractivity contribution >= 4 is 24.0 Å². The molecule has 1 saturated carbocycles. The molecule has 2 unspecified atom stereocenters. The van der Waals surface area contributed by atoms with Crippen LogP contribution >= 0.6 is 12.4 Å². The van der Waals surface area contributed by atoms with Gasteiger partial charge in [0, 0.05) is 24.1 Å². The highest BCUT2D eigenvalue weighted by Crippen LogP contribution is 2.50. The van der Waals surface area contributed by atoms with Gasteiger partial charge in [-0.1, -0.05) is 19.9 Å². The Kier molecular flexibility index (Phi) is 5.96. The summed E-state index contributed by atoms with van der Waals surface area (Å²) in [4.78, 5) is 12.5. The maximum atomic E-state index is 12.7. The molecule has 1 fully saturated rings. The van der Waals surface area contributed by atoms with Gasteiger partial charge in [0.15, 0.2) is 0 Å². The molecule has 0 heterocycles. The zero-order chi connectivity index (χ0) is 17.5. The van der Waals surface area contributed by atoms with Gasteiger partial charge in [0.2, 0.25) is 5.91 Å². The lowest BCUT2D eigenvalue weighted by molar-refractivity contribution is -0.166. The lowest BCUT2D eigenvalue weighted by Crippen LogP contribution is -2.74. The van der Waals surface area contributed by atoms with Crippen LogP contribution in [-0.4, -0.2) is 24.2 Å². The number of hydrogen-bond acceptors (Lipinski definition) is 3. The Hall–Kier alpha value is -1.31. The third-order valence-corrected chi connectivity index (χ3v) is 4.68. The van der Waals surface area contributed by atoms with Crippen molar-refractivity contribution in [1.29, 1.82) is 0 Å². The van der Waals surface area contributed by atoms with Gasteiger partial charge >= 0.3 is 6.18 Å². The van der Waals surface area contributed by atoms with Crippen LogP contribution in [0.1, 0.15) is 32.8 Å². The predicted molar refractivity (Wildman–Crippen MR) is 88.1 cm³/mol. The molecule has 1 aromatic rings. The number of nitrogens with one attached hydrogen (secondary N) is 1. The zero-order valence-corrected chi connectivity index (χ0v) is 14.6. The molecule has 8 heteroatoms. The minimum absolute atomic E-state index is 0. The summed E-state index contributed by atoms with van der Waals surface area (Å²) in [6, 6.07) is 4.50. The van der Waals surface area contributed by atoms with E-state index in [4.69, 9.17) is 10.5 Å². The second-order valence-electron chi connectivity index (χ2n) is 6.37. The molecule has 1 aliphatic rings. The maximum Gasteiger partial charge on any atom is 0.416 e. The van der Waals surface area contributed by atoms with Crippen molar-refractivity contribution < 1.29 is 22.7 Å². The molecule has 2 atom stereocenters. The number of hydrogen-bond donors (Lipinski definition) is 2. The Morgan fingerprint density at radius 2 is 2.04 bits per heavy atom. The van der Waals surface area contributed by atoms with Crippen molar-refractivity contribution in [3.63, 3.8) is 0 Å². The molecule has 2 rings (SSSR count). The molecule has 0 radical (unpaired) electrons. The van der Waals surface area contributed by atoms with Crippen LogP contribution in [0.4, 0.5) is 18.9 Å². The average Bonchev–Trinajstić information content (AvgIpc) is 2.46. The molecule has 136 valence electrons. The Bertz CT molecular complexity index is 607. The smallest absolute Gasteiger partial charge is 0.378 e. The van der Waals surface area contributed by atoms with Crippen LogP contribution in [0.5, 0.6) is 0 Å². The van der Waals surface area contributed by atoms with E-state index in [1.807, 2.05) is 20.8 Å². The molecule has 1 aliphatic carbocycles. The summed E-state index contributed by atoms with van der Waals surface area (Å²) in [7, 11) is 0. The van der Waals surface area contributed by atoms with E-state index in [9.17, 15) is 18.0 Å². The Balaban J connectivity index is 0.00000288. The highest BCUT2D eigenvalue weighted by molar-refractivity contribution is 5.99. The molecular weight excluding hydrogens is 345 g/mol. The lowest BCUT2D eigenvalue weighted by Gasteiger charge is -2.57. The van der Waals surface area contributed by atoms with Crippen LogP contribution in [0, 0.1) is 5.41 Å². The highest BCUT2D eigenvalue weighted by Gasteiger charge is 2.62. The average molecular weight is 367 g/mol. The van der Waals surface area contributed by atoms with Gasteiger partial charge in [0.05, 0.1) is 11.7 Å².